The summed E-state index contributed by atoms with van der Waals surface area (Å²) in [7, 11) is 0. The molecule has 1 aromatic rings. The Labute approximate surface area is 102 Å². The lowest BCUT2D eigenvalue weighted by atomic mass is 10.2. The molecule has 0 saturated heterocycles. The van der Waals surface area contributed by atoms with Crippen molar-refractivity contribution in [3.05, 3.63) is 42.2 Å². The summed E-state index contributed by atoms with van der Waals surface area (Å²) in [6.45, 7) is 4.02. The first-order valence-electron chi connectivity index (χ1n) is 5.91. The van der Waals surface area contributed by atoms with Gasteiger partial charge in [-0.15, -0.1) is 6.58 Å². The number of benzene rings is 1. The van der Waals surface area contributed by atoms with Crippen molar-refractivity contribution in [2.45, 2.75) is 32.3 Å². The zero-order chi connectivity index (χ0) is 12.5. The van der Waals surface area contributed by atoms with Gasteiger partial charge in [0.15, 0.2) is 11.6 Å². The number of hydrogen-bond donors (Lipinski definition) is 1. The van der Waals surface area contributed by atoms with Gasteiger partial charge in [-0.25, -0.2) is 4.39 Å². The first-order valence-corrected chi connectivity index (χ1v) is 5.91. The van der Waals surface area contributed by atoms with E-state index in [1.165, 1.54) is 6.07 Å². The van der Waals surface area contributed by atoms with Crippen LogP contribution in [-0.4, -0.2) is 11.7 Å². The van der Waals surface area contributed by atoms with Gasteiger partial charge >= 0.3 is 0 Å². The van der Waals surface area contributed by atoms with Gasteiger partial charge in [0.2, 0.25) is 0 Å². The molecule has 0 spiro atoms. The first-order chi connectivity index (χ1) is 8.27. The smallest absolute Gasteiger partial charge is 0.165 e. The van der Waals surface area contributed by atoms with Gasteiger partial charge < -0.3 is 9.84 Å². The van der Waals surface area contributed by atoms with Gasteiger partial charge in [0.05, 0.1) is 13.2 Å². The van der Waals surface area contributed by atoms with Crippen LogP contribution in [-0.2, 0) is 6.61 Å². The molecule has 94 valence electrons. The van der Waals surface area contributed by atoms with E-state index in [1.54, 1.807) is 12.1 Å². The minimum atomic E-state index is -0.414. The van der Waals surface area contributed by atoms with Crippen LogP contribution in [0.15, 0.2) is 30.9 Å². The number of aliphatic hydroxyl groups excluding tert-OH is 1. The highest BCUT2D eigenvalue weighted by molar-refractivity contribution is 5.28. The number of hydrogen-bond acceptors (Lipinski definition) is 2. The lowest BCUT2D eigenvalue weighted by Crippen LogP contribution is -1.99. The molecular formula is C14H19FO2. The molecule has 0 aliphatic rings. The normalized spacial score (nSPS) is 10.2. The monoisotopic (exact) mass is 238 g/mol. The van der Waals surface area contributed by atoms with Gasteiger partial charge in [0, 0.05) is 0 Å². The summed E-state index contributed by atoms with van der Waals surface area (Å²) in [4.78, 5) is 0. The van der Waals surface area contributed by atoms with Crippen LogP contribution in [0.25, 0.3) is 0 Å². The molecule has 1 N–H and O–H groups in total. The zero-order valence-corrected chi connectivity index (χ0v) is 9.99. The van der Waals surface area contributed by atoms with Crippen molar-refractivity contribution >= 4 is 0 Å². The third-order valence-corrected chi connectivity index (χ3v) is 2.49. The van der Waals surface area contributed by atoms with Gasteiger partial charge in [0.1, 0.15) is 0 Å². The van der Waals surface area contributed by atoms with Crippen LogP contribution in [0, 0.1) is 5.82 Å². The Morgan fingerprint density at radius 1 is 1.29 bits per heavy atom. The van der Waals surface area contributed by atoms with Crippen molar-refractivity contribution < 1.29 is 14.2 Å². The fourth-order valence-corrected chi connectivity index (χ4v) is 1.51. The van der Waals surface area contributed by atoms with Crippen molar-refractivity contribution in [2.75, 3.05) is 6.61 Å². The van der Waals surface area contributed by atoms with E-state index in [4.69, 9.17) is 9.84 Å². The predicted molar refractivity (Wildman–Crippen MR) is 66.5 cm³/mol. The van der Waals surface area contributed by atoms with Crippen LogP contribution in [0.2, 0.25) is 0 Å². The van der Waals surface area contributed by atoms with Crippen LogP contribution < -0.4 is 4.74 Å². The Balaban J connectivity index is 2.29. The molecule has 2 nitrogen and oxygen atoms in total. The Morgan fingerprint density at radius 2 is 2.12 bits per heavy atom. The minimum absolute atomic E-state index is 0.154. The van der Waals surface area contributed by atoms with E-state index in [2.05, 4.69) is 6.58 Å². The lowest BCUT2D eigenvalue weighted by Gasteiger charge is -2.07. The molecule has 0 unspecified atom stereocenters. The maximum Gasteiger partial charge on any atom is 0.165 e. The second kappa shape index (κ2) is 7.85. The fourth-order valence-electron chi connectivity index (χ4n) is 1.51. The first kappa shape index (κ1) is 13.7. The average Bonchev–Trinajstić information content (AvgIpc) is 2.35. The molecule has 0 aromatic heterocycles. The molecule has 0 atom stereocenters. The highest BCUT2D eigenvalue weighted by Crippen LogP contribution is 2.18. The van der Waals surface area contributed by atoms with E-state index < -0.39 is 5.82 Å². The van der Waals surface area contributed by atoms with E-state index in [9.17, 15) is 4.39 Å². The van der Waals surface area contributed by atoms with Gasteiger partial charge in [-0.2, -0.15) is 0 Å². The summed E-state index contributed by atoms with van der Waals surface area (Å²) in [6.07, 6.45) is 5.98. The number of rotatable bonds is 8. The summed E-state index contributed by atoms with van der Waals surface area (Å²) in [5.74, 6) is -0.159. The van der Waals surface area contributed by atoms with Crippen LogP contribution in [0.5, 0.6) is 5.75 Å². The summed E-state index contributed by atoms with van der Waals surface area (Å²) >= 11 is 0. The van der Waals surface area contributed by atoms with Gasteiger partial charge in [-0.1, -0.05) is 12.1 Å². The van der Waals surface area contributed by atoms with Crippen molar-refractivity contribution in [1.82, 2.24) is 0 Å². The Kier molecular flexibility index (Phi) is 6.33. The van der Waals surface area contributed by atoms with E-state index in [0.717, 1.165) is 25.7 Å². The summed E-state index contributed by atoms with van der Waals surface area (Å²) in [6, 6.07) is 4.52. The van der Waals surface area contributed by atoms with E-state index in [0.29, 0.717) is 12.2 Å². The maximum atomic E-state index is 13.4. The molecule has 17 heavy (non-hydrogen) atoms. The fraction of sp³-hybridized carbons (Fsp3) is 0.429. The molecule has 0 saturated carbocycles. The zero-order valence-electron chi connectivity index (χ0n) is 9.99. The lowest BCUT2D eigenvalue weighted by molar-refractivity contribution is 0.277. The predicted octanol–water partition coefficient (Wildman–Crippen LogP) is 3.44. The largest absolute Gasteiger partial charge is 0.491 e. The molecule has 3 heteroatoms. The molecule has 0 amide bonds. The third kappa shape index (κ3) is 5.00. The third-order valence-electron chi connectivity index (χ3n) is 2.49. The molecule has 0 fully saturated rings. The second-order valence-electron chi connectivity index (χ2n) is 3.91. The average molecular weight is 238 g/mol. The number of allylic oxidation sites excluding steroid dienone is 1. The van der Waals surface area contributed by atoms with Crippen molar-refractivity contribution in [3.63, 3.8) is 0 Å². The van der Waals surface area contributed by atoms with E-state index >= 15 is 0 Å². The number of aliphatic hydroxyl groups is 1. The number of unbranched alkanes of at least 4 members (excludes halogenated alkanes) is 3. The van der Waals surface area contributed by atoms with Gasteiger partial charge in [-0.05, 0) is 43.4 Å². The summed E-state index contributed by atoms with van der Waals surface area (Å²) in [5, 5.41) is 8.83. The minimum Gasteiger partial charge on any atom is -0.491 e. The SMILES string of the molecule is C=CCCCCCOc1ccc(CO)cc1F. The molecule has 0 radical (unpaired) electrons. The highest BCUT2D eigenvalue weighted by Gasteiger charge is 2.03. The van der Waals surface area contributed by atoms with Gasteiger partial charge in [0.25, 0.3) is 0 Å². The Morgan fingerprint density at radius 3 is 2.76 bits per heavy atom. The number of ether oxygens (including phenoxy) is 1. The molecule has 0 bridgehead atoms. The Hall–Kier alpha value is -1.35. The van der Waals surface area contributed by atoms with Crippen molar-refractivity contribution in [3.8, 4) is 5.75 Å². The van der Waals surface area contributed by atoms with Crippen LogP contribution >= 0.6 is 0 Å². The van der Waals surface area contributed by atoms with Crippen molar-refractivity contribution in [1.29, 1.82) is 0 Å². The van der Waals surface area contributed by atoms with E-state index in [1.807, 2.05) is 6.08 Å². The molecule has 1 aromatic carbocycles. The second-order valence-corrected chi connectivity index (χ2v) is 3.91. The van der Waals surface area contributed by atoms with Crippen LogP contribution in [0.3, 0.4) is 0 Å². The topological polar surface area (TPSA) is 29.5 Å². The molecule has 0 aliphatic heterocycles. The molecular weight excluding hydrogens is 219 g/mol. The maximum absolute atomic E-state index is 13.4. The van der Waals surface area contributed by atoms with Crippen LogP contribution in [0.4, 0.5) is 4.39 Å². The van der Waals surface area contributed by atoms with E-state index in [-0.39, 0.29) is 12.4 Å². The van der Waals surface area contributed by atoms with Crippen molar-refractivity contribution in [2.24, 2.45) is 0 Å². The standard InChI is InChI=1S/C14H19FO2/c1-2-3-4-5-6-9-17-14-8-7-12(11-16)10-13(14)15/h2,7-8,10,16H,1,3-6,9,11H2. The summed E-state index contributed by atoms with van der Waals surface area (Å²) < 4.78 is 18.8. The molecule has 1 rings (SSSR count). The summed E-state index contributed by atoms with van der Waals surface area (Å²) in [5.41, 5.74) is 0.556. The molecule has 0 aliphatic carbocycles. The van der Waals surface area contributed by atoms with Gasteiger partial charge in [-0.3, -0.25) is 0 Å². The highest BCUT2D eigenvalue weighted by atomic mass is 19.1. The Bertz CT molecular complexity index is 350. The van der Waals surface area contributed by atoms with Crippen LogP contribution in [0.1, 0.15) is 31.2 Å². The quantitative estimate of drug-likeness (QED) is 0.555. The molecule has 0 heterocycles. The number of halogens is 1.